The molecule has 48 valence electrons. The lowest BCUT2D eigenvalue weighted by Gasteiger charge is -2.09. The lowest BCUT2D eigenvalue weighted by atomic mass is 10.7. The summed E-state index contributed by atoms with van der Waals surface area (Å²) in [6.45, 7) is 0. The Kier molecular flexibility index (Phi) is 1.35. The molecule has 9 heavy (non-hydrogen) atoms. The first kappa shape index (κ1) is 5.61. The van der Waals surface area contributed by atoms with E-state index in [0.29, 0.717) is 0 Å². The third-order valence-corrected chi connectivity index (χ3v) is 0.787. The van der Waals surface area contributed by atoms with Crippen molar-refractivity contribution in [3.63, 3.8) is 0 Å². The Balaban J connectivity index is 2.60. The van der Waals surface area contributed by atoms with Gasteiger partial charge < -0.3 is 5.11 Å². The van der Waals surface area contributed by atoms with Gasteiger partial charge in [-0.2, -0.15) is 5.10 Å². The molecule has 1 aliphatic heterocycles. The molecule has 0 aromatic carbocycles. The van der Waals surface area contributed by atoms with Crippen LogP contribution in [0.15, 0.2) is 17.5 Å². The molecule has 1 amide bonds. The number of carboxylic acid groups (broad SMARTS) is 1. The third kappa shape index (κ3) is 1.18. The molecular formula is C4H5N3O2. The van der Waals surface area contributed by atoms with Crippen molar-refractivity contribution in [2.45, 2.75) is 0 Å². The second kappa shape index (κ2) is 2.17. The quantitative estimate of drug-likeness (QED) is 0.480. The molecule has 0 saturated heterocycles. The molecule has 5 heteroatoms. The monoisotopic (exact) mass is 127 g/mol. The largest absolute Gasteiger partial charge is 0.464 e. The summed E-state index contributed by atoms with van der Waals surface area (Å²) < 4.78 is 0. The fourth-order valence-electron chi connectivity index (χ4n) is 0.404. The fraction of sp³-hybridized carbons (Fsp3) is 0. The van der Waals surface area contributed by atoms with Crippen LogP contribution >= 0.6 is 0 Å². The highest BCUT2D eigenvalue weighted by Gasteiger charge is 2.04. The smallest absolute Gasteiger partial charge is 0.416 e. The number of amides is 1. The van der Waals surface area contributed by atoms with Crippen LogP contribution in [0.3, 0.4) is 0 Å². The molecule has 0 aliphatic carbocycles. The Hall–Kier alpha value is -1.52. The molecule has 0 spiro atoms. The van der Waals surface area contributed by atoms with Crippen LogP contribution in [0, 0.1) is 0 Å². The molecule has 0 radical (unpaired) electrons. The van der Waals surface area contributed by atoms with Crippen LogP contribution in [0.1, 0.15) is 0 Å². The summed E-state index contributed by atoms with van der Waals surface area (Å²) in [5, 5.41) is 11.8. The number of rotatable bonds is 0. The highest BCUT2D eigenvalue weighted by Crippen LogP contribution is 1.88. The van der Waals surface area contributed by atoms with Crippen LogP contribution in [0.4, 0.5) is 4.79 Å². The van der Waals surface area contributed by atoms with Crippen LogP contribution in [-0.2, 0) is 0 Å². The van der Waals surface area contributed by atoms with E-state index in [0.717, 1.165) is 4.90 Å². The number of carbonyl (C=O) groups is 1. The van der Waals surface area contributed by atoms with E-state index in [1.807, 2.05) is 0 Å². The van der Waals surface area contributed by atoms with E-state index in [-0.39, 0.29) is 0 Å². The highest BCUT2D eigenvalue weighted by molar-refractivity contribution is 5.82. The minimum absolute atomic E-state index is 0.941. The van der Waals surface area contributed by atoms with E-state index in [1.165, 1.54) is 18.7 Å². The number of nitrogens with zero attached hydrogens (tertiary/aromatic N) is 2. The summed E-state index contributed by atoms with van der Waals surface area (Å²) in [5.41, 5.74) is 2.45. The first-order valence-corrected chi connectivity index (χ1v) is 2.27. The maximum absolute atomic E-state index is 10.1. The van der Waals surface area contributed by atoms with Gasteiger partial charge in [0, 0.05) is 12.4 Å². The van der Waals surface area contributed by atoms with Gasteiger partial charge in [0.15, 0.2) is 0 Å². The van der Waals surface area contributed by atoms with Crippen LogP contribution in [-0.4, -0.2) is 22.4 Å². The maximum Gasteiger partial charge on any atom is 0.416 e. The van der Waals surface area contributed by atoms with Gasteiger partial charge in [0.05, 0.1) is 0 Å². The SMILES string of the molecule is O=C(O)N1C=CNN=C1. The zero-order valence-corrected chi connectivity index (χ0v) is 4.48. The Morgan fingerprint density at radius 3 is 2.89 bits per heavy atom. The van der Waals surface area contributed by atoms with Crippen LogP contribution in [0.2, 0.25) is 0 Å². The van der Waals surface area contributed by atoms with Crippen molar-refractivity contribution in [2.75, 3.05) is 0 Å². The summed E-state index contributed by atoms with van der Waals surface area (Å²) in [6, 6.07) is 0. The van der Waals surface area contributed by atoms with Crippen molar-refractivity contribution in [1.82, 2.24) is 10.3 Å². The molecule has 0 unspecified atom stereocenters. The van der Waals surface area contributed by atoms with Gasteiger partial charge in [-0.15, -0.1) is 0 Å². The highest BCUT2D eigenvalue weighted by atomic mass is 16.4. The molecule has 2 N–H and O–H groups in total. The molecule has 5 nitrogen and oxygen atoms in total. The van der Waals surface area contributed by atoms with E-state index < -0.39 is 6.09 Å². The molecular weight excluding hydrogens is 122 g/mol. The maximum atomic E-state index is 10.1. The van der Waals surface area contributed by atoms with Gasteiger partial charge in [-0.25, -0.2) is 9.69 Å². The standard InChI is InChI=1S/C4H5N3O2/c8-4(9)7-2-1-5-6-3-7/h1-3,5H,(H,8,9). The minimum atomic E-state index is -1.04. The molecule has 1 rings (SSSR count). The van der Waals surface area contributed by atoms with Gasteiger partial charge in [0.2, 0.25) is 0 Å². The Bertz CT molecular complexity index is 163. The third-order valence-electron chi connectivity index (χ3n) is 0.787. The van der Waals surface area contributed by atoms with Gasteiger partial charge in [-0.1, -0.05) is 0 Å². The van der Waals surface area contributed by atoms with Gasteiger partial charge in [-0.3, -0.25) is 5.43 Å². The van der Waals surface area contributed by atoms with Crippen LogP contribution in [0.25, 0.3) is 0 Å². The Morgan fingerprint density at radius 1 is 1.78 bits per heavy atom. The minimum Gasteiger partial charge on any atom is -0.464 e. The number of hydrogen-bond acceptors (Lipinski definition) is 3. The molecule has 0 fully saturated rings. The number of hydrogen-bond donors (Lipinski definition) is 2. The molecule has 0 saturated carbocycles. The molecule has 1 heterocycles. The van der Waals surface area contributed by atoms with Gasteiger partial charge >= 0.3 is 6.09 Å². The average molecular weight is 127 g/mol. The van der Waals surface area contributed by atoms with Crippen molar-refractivity contribution >= 4 is 12.4 Å². The zero-order chi connectivity index (χ0) is 6.69. The van der Waals surface area contributed by atoms with Crippen molar-refractivity contribution in [1.29, 1.82) is 0 Å². The van der Waals surface area contributed by atoms with E-state index in [9.17, 15) is 4.79 Å². The van der Waals surface area contributed by atoms with Gasteiger partial charge in [-0.05, 0) is 0 Å². The second-order valence-electron chi connectivity index (χ2n) is 1.38. The average Bonchev–Trinajstić information content (AvgIpc) is 1.90. The van der Waals surface area contributed by atoms with Crippen molar-refractivity contribution in [2.24, 2.45) is 5.10 Å². The normalized spacial score (nSPS) is 15.3. The lowest BCUT2D eigenvalue weighted by Crippen LogP contribution is -2.25. The number of nitrogens with one attached hydrogen (secondary N) is 1. The topological polar surface area (TPSA) is 64.9 Å². The summed E-state index contributed by atoms with van der Waals surface area (Å²) in [7, 11) is 0. The Morgan fingerprint density at radius 2 is 2.56 bits per heavy atom. The fourth-order valence-corrected chi connectivity index (χ4v) is 0.404. The number of hydrazone groups is 1. The summed E-state index contributed by atoms with van der Waals surface area (Å²) in [5.74, 6) is 0. The first-order chi connectivity index (χ1) is 4.30. The predicted molar refractivity (Wildman–Crippen MR) is 30.6 cm³/mol. The molecule has 0 atom stereocenters. The van der Waals surface area contributed by atoms with Crippen LogP contribution < -0.4 is 5.43 Å². The predicted octanol–water partition coefficient (Wildman–Crippen LogP) is -0.0159. The van der Waals surface area contributed by atoms with Gasteiger partial charge in [0.1, 0.15) is 6.34 Å². The Labute approximate surface area is 51.3 Å². The summed E-state index contributed by atoms with van der Waals surface area (Å²) in [6.07, 6.45) is 2.91. The van der Waals surface area contributed by atoms with E-state index in [4.69, 9.17) is 5.11 Å². The van der Waals surface area contributed by atoms with Crippen molar-refractivity contribution in [3.05, 3.63) is 12.4 Å². The molecule has 0 aromatic rings. The second-order valence-corrected chi connectivity index (χ2v) is 1.38. The zero-order valence-electron chi connectivity index (χ0n) is 4.48. The van der Waals surface area contributed by atoms with Crippen molar-refractivity contribution < 1.29 is 9.90 Å². The van der Waals surface area contributed by atoms with E-state index in [1.54, 1.807) is 0 Å². The van der Waals surface area contributed by atoms with E-state index in [2.05, 4.69) is 10.5 Å². The summed E-state index contributed by atoms with van der Waals surface area (Å²) >= 11 is 0. The molecule has 1 aliphatic rings. The van der Waals surface area contributed by atoms with Crippen LogP contribution in [0.5, 0.6) is 0 Å². The van der Waals surface area contributed by atoms with Gasteiger partial charge in [0.25, 0.3) is 0 Å². The summed E-state index contributed by atoms with van der Waals surface area (Å²) in [4.78, 5) is 11.1. The van der Waals surface area contributed by atoms with E-state index >= 15 is 0 Å². The lowest BCUT2D eigenvalue weighted by molar-refractivity contribution is 0.180. The van der Waals surface area contributed by atoms with Crippen molar-refractivity contribution in [3.8, 4) is 0 Å². The molecule has 0 aromatic heterocycles. The molecule has 0 bridgehead atoms. The first-order valence-electron chi connectivity index (χ1n) is 2.27.